The number of amides is 1. The molecule has 2 N–H and O–H groups in total. The zero-order chi connectivity index (χ0) is 15.4. The van der Waals surface area contributed by atoms with Crippen LogP contribution in [0.2, 0.25) is 0 Å². The van der Waals surface area contributed by atoms with Crippen LogP contribution in [0.4, 0.5) is 0 Å². The molecule has 2 heterocycles. The first-order valence-electron chi connectivity index (χ1n) is 8.74. The van der Waals surface area contributed by atoms with Gasteiger partial charge in [-0.3, -0.25) is 14.8 Å². The van der Waals surface area contributed by atoms with Gasteiger partial charge in [0.25, 0.3) is 5.91 Å². The van der Waals surface area contributed by atoms with E-state index in [-0.39, 0.29) is 11.4 Å². The Morgan fingerprint density at radius 1 is 1.23 bits per heavy atom. The zero-order valence-corrected chi connectivity index (χ0v) is 13.7. The van der Waals surface area contributed by atoms with Gasteiger partial charge in [0.2, 0.25) is 0 Å². The molecular formula is C17H28N4O. The Morgan fingerprint density at radius 2 is 1.91 bits per heavy atom. The molecule has 0 bridgehead atoms. The summed E-state index contributed by atoms with van der Waals surface area (Å²) in [6.07, 6.45) is 11.9. The smallest absolute Gasteiger partial charge is 0.254 e. The summed E-state index contributed by atoms with van der Waals surface area (Å²) in [5.41, 5.74) is 1.70. The molecule has 1 aliphatic carbocycles. The summed E-state index contributed by atoms with van der Waals surface area (Å²) in [5.74, 6) is 0.00760. The third-order valence-electron chi connectivity index (χ3n) is 5.46. The van der Waals surface area contributed by atoms with Gasteiger partial charge in [0.1, 0.15) is 0 Å². The van der Waals surface area contributed by atoms with E-state index < -0.39 is 0 Å². The highest BCUT2D eigenvalue weighted by Gasteiger charge is 2.38. The molecule has 0 unspecified atom stereocenters. The van der Waals surface area contributed by atoms with Crippen LogP contribution in [0.5, 0.6) is 0 Å². The number of rotatable bonds is 4. The second kappa shape index (κ2) is 6.82. The van der Waals surface area contributed by atoms with E-state index in [1.807, 2.05) is 6.92 Å². The number of aromatic nitrogens is 2. The van der Waals surface area contributed by atoms with Crippen LogP contribution < -0.4 is 5.32 Å². The number of carbonyl (C=O) groups is 1. The van der Waals surface area contributed by atoms with Crippen LogP contribution in [0.25, 0.3) is 0 Å². The predicted octanol–water partition coefficient (Wildman–Crippen LogP) is 2.64. The maximum absolute atomic E-state index is 12.4. The Kier molecular flexibility index (Phi) is 4.81. The Bertz CT molecular complexity index is 499. The Labute approximate surface area is 132 Å². The molecule has 1 saturated heterocycles. The molecule has 1 amide bonds. The highest BCUT2D eigenvalue weighted by Crippen LogP contribution is 2.35. The molecule has 1 saturated carbocycles. The summed E-state index contributed by atoms with van der Waals surface area (Å²) in [6, 6.07) is 0. The van der Waals surface area contributed by atoms with Gasteiger partial charge in [0, 0.05) is 17.8 Å². The van der Waals surface area contributed by atoms with Crippen molar-refractivity contribution in [2.45, 2.75) is 63.8 Å². The highest BCUT2D eigenvalue weighted by atomic mass is 16.1. The Morgan fingerprint density at radius 3 is 2.55 bits per heavy atom. The summed E-state index contributed by atoms with van der Waals surface area (Å²) in [7, 11) is 0. The number of piperidine rings is 1. The quantitative estimate of drug-likeness (QED) is 0.899. The summed E-state index contributed by atoms with van der Waals surface area (Å²) in [5, 5.41) is 9.98. The molecule has 3 rings (SSSR count). The van der Waals surface area contributed by atoms with Gasteiger partial charge in [0.15, 0.2) is 0 Å². The van der Waals surface area contributed by atoms with E-state index in [0.717, 1.165) is 12.2 Å². The van der Waals surface area contributed by atoms with E-state index >= 15 is 0 Å². The average Bonchev–Trinajstić information content (AvgIpc) is 3.00. The lowest BCUT2D eigenvalue weighted by molar-refractivity contribution is 0.0326. The van der Waals surface area contributed by atoms with Crippen LogP contribution in [0.15, 0.2) is 6.20 Å². The van der Waals surface area contributed by atoms with E-state index in [2.05, 4.69) is 20.4 Å². The number of hydrogen-bond donors (Lipinski definition) is 2. The molecule has 1 aromatic rings. The van der Waals surface area contributed by atoms with E-state index in [0.29, 0.717) is 5.56 Å². The van der Waals surface area contributed by atoms with Crippen molar-refractivity contribution in [3.05, 3.63) is 17.5 Å². The monoisotopic (exact) mass is 304 g/mol. The normalized spacial score (nSPS) is 22.4. The number of likely N-dealkylation sites (tertiary alicyclic amines) is 1. The van der Waals surface area contributed by atoms with Crippen LogP contribution in [0.3, 0.4) is 0 Å². The van der Waals surface area contributed by atoms with Gasteiger partial charge in [-0.15, -0.1) is 0 Å². The van der Waals surface area contributed by atoms with Gasteiger partial charge >= 0.3 is 0 Å². The van der Waals surface area contributed by atoms with Crippen molar-refractivity contribution in [1.82, 2.24) is 20.4 Å². The maximum atomic E-state index is 12.4. The fourth-order valence-electron chi connectivity index (χ4n) is 4.10. The Hall–Kier alpha value is -1.36. The molecule has 22 heavy (non-hydrogen) atoms. The molecule has 2 fully saturated rings. The molecule has 5 nitrogen and oxygen atoms in total. The second-order valence-electron chi connectivity index (χ2n) is 6.92. The van der Waals surface area contributed by atoms with Crippen molar-refractivity contribution in [1.29, 1.82) is 0 Å². The third-order valence-corrected chi connectivity index (χ3v) is 5.46. The lowest BCUT2D eigenvalue weighted by atomic mass is 9.79. The lowest BCUT2D eigenvalue weighted by Crippen LogP contribution is -2.58. The lowest BCUT2D eigenvalue weighted by Gasteiger charge is -2.48. The Balaban J connectivity index is 1.67. The SMILES string of the molecule is Cc1[nH]ncc1C(=O)NCC1(N2CCCCC2)CCCCC1. The van der Waals surface area contributed by atoms with Crippen molar-refractivity contribution in [2.24, 2.45) is 0 Å². The van der Waals surface area contributed by atoms with Crippen molar-refractivity contribution in [3.8, 4) is 0 Å². The molecule has 0 aromatic carbocycles. The highest BCUT2D eigenvalue weighted by molar-refractivity contribution is 5.94. The summed E-state index contributed by atoms with van der Waals surface area (Å²) >= 11 is 0. The van der Waals surface area contributed by atoms with Crippen molar-refractivity contribution < 1.29 is 4.79 Å². The van der Waals surface area contributed by atoms with Gasteiger partial charge in [-0.25, -0.2) is 0 Å². The van der Waals surface area contributed by atoms with Crippen molar-refractivity contribution in [3.63, 3.8) is 0 Å². The standard InChI is InChI=1S/C17H28N4O/c1-14-15(12-19-20-14)16(22)18-13-17(8-4-2-5-9-17)21-10-6-3-7-11-21/h12H,2-11,13H2,1H3,(H,18,22)(H,19,20). The predicted molar refractivity (Wildman–Crippen MR) is 86.9 cm³/mol. The first kappa shape index (κ1) is 15.5. The van der Waals surface area contributed by atoms with Gasteiger partial charge in [-0.05, 0) is 45.7 Å². The summed E-state index contributed by atoms with van der Waals surface area (Å²) in [6.45, 7) is 5.06. The average molecular weight is 304 g/mol. The first-order chi connectivity index (χ1) is 10.7. The number of nitrogens with one attached hydrogen (secondary N) is 2. The first-order valence-corrected chi connectivity index (χ1v) is 8.74. The molecule has 1 aliphatic heterocycles. The number of aryl methyl sites for hydroxylation is 1. The topological polar surface area (TPSA) is 61.0 Å². The molecule has 0 radical (unpaired) electrons. The molecule has 122 valence electrons. The maximum Gasteiger partial charge on any atom is 0.254 e. The number of nitrogens with zero attached hydrogens (tertiary/aromatic N) is 2. The minimum Gasteiger partial charge on any atom is -0.350 e. The number of hydrogen-bond acceptors (Lipinski definition) is 3. The van der Waals surface area contributed by atoms with E-state index in [1.165, 1.54) is 64.5 Å². The van der Waals surface area contributed by atoms with Crippen LogP contribution >= 0.6 is 0 Å². The van der Waals surface area contributed by atoms with Gasteiger partial charge in [0.05, 0.1) is 11.8 Å². The van der Waals surface area contributed by atoms with E-state index in [9.17, 15) is 4.79 Å². The summed E-state index contributed by atoms with van der Waals surface area (Å²) in [4.78, 5) is 15.1. The van der Waals surface area contributed by atoms with Crippen LogP contribution in [0.1, 0.15) is 67.4 Å². The number of carbonyl (C=O) groups excluding carboxylic acids is 1. The molecule has 5 heteroatoms. The van der Waals surface area contributed by atoms with E-state index in [4.69, 9.17) is 0 Å². The zero-order valence-electron chi connectivity index (χ0n) is 13.7. The fourth-order valence-corrected chi connectivity index (χ4v) is 4.10. The number of H-pyrrole nitrogens is 1. The largest absolute Gasteiger partial charge is 0.350 e. The molecule has 1 aromatic heterocycles. The minimum absolute atomic E-state index is 0.00760. The van der Waals surface area contributed by atoms with Gasteiger partial charge in [-0.1, -0.05) is 25.7 Å². The molecule has 0 spiro atoms. The van der Waals surface area contributed by atoms with Crippen LogP contribution in [-0.2, 0) is 0 Å². The van der Waals surface area contributed by atoms with Gasteiger partial charge < -0.3 is 5.32 Å². The fraction of sp³-hybridized carbons (Fsp3) is 0.765. The molecule has 0 atom stereocenters. The molecular weight excluding hydrogens is 276 g/mol. The van der Waals surface area contributed by atoms with Gasteiger partial charge in [-0.2, -0.15) is 5.10 Å². The van der Waals surface area contributed by atoms with Crippen LogP contribution in [-0.4, -0.2) is 46.2 Å². The summed E-state index contributed by atoms with van der Waals surface area (Å²) < 4.78 is 0. The second-order valence-corrected chi connectivity index (χ2v) is 6.92. The minimum atomic E-state index is 0.00760. The third kappa shape index (κ3) is 3.19. The number of aromatic amines is 1. The molecule has 2 aliphatic rings. The van der Waals surface area contributed by atoms with Crippen molar-refractivity contribution >= 4 is 5.91 Å². The van der Waals surface area contributed by atoms with Crippen molar-refractivity contribution in [2.75, 3.05) is 19.6 Å². The van der Waals surface area contributed by atoms with Crippen LogP contribution in [0, 0.1) is 6.92 Å². The van der Waals surface area contributed by atoms with E-state index in [1.54, 1.807) is 6.20 Å².